The van der Waals surface area contributed by atoms with Crippen molar-refractivity contribution in [3.05, 3.63) is 57.4 Å². The number of rotatable bonds is 7. The standard InChI is InChI=1S/C24H26N4O6S/c1-3-33-22(30)18-13(2)26-24(32)27-16(18)12-34-23(31)19-15-8-4-5-9-17(15)35-21(19)28-20(29)14-7-6-10-25-11-14/h6-7,10-11,13H,3-5,8-9,12H2,1-2H3,(H,28,29)(H2,26,27,32). The first-order valence-electron chi connectivity index (χ1n) is 11.4. The maximum absolute atomic E-state index is 13.3. The molecule has 11 heteroatoms. The van der Waals surface area contributed by atoms with Crippen LogP contribution in [0, 0.1) is 0 Å². The SMILES string of the molecule is CCOC(=O)C1=C(COC(=O)c2c(NC(=O)c3cccnc3)sc3c2CCCC3)NC(=O)NC1C. The van der Waals surface area contributed by atoms with E-state index < -0.39 is 24.0 Å². The zero-order valence-corrected chi connectivity index (χ0v) is 20.3. The Kier molecular flexibility index (Phi) is 7.45. The van der Waals surface area contributed by atoms with E-state index in [0.717, 1.165) is 29.7 Å². The van der Waals surface area contributed by atoms with E-state index in [0.29, 0.717) is 22.5 Å². The van der Waals surface area contributed by atoms with Gasteiger partial charge in [-0.25, -0.2) is 14.4 Å². The number of ether oxygens (including phenoxy) is 2. The molecular formula is C24H26N4O6S. The Labute approximate surface area is 206 Å². The first kappa shape index (κ1) is 24.4. The Morgan fingerprint density at radius 2 is 2.00 bits per heavy atom. The predicted molar refractivity (Wildman–Crippen MR) is 128 cm³/mol. The van der Waals surface area contributed by atoms with Gasteiger partial charge in [-0.1, -0.05) is 0 Å². The number of hydrogen-bond donors (Lipinski definition) is 3. The van der Waals surface area contributed by atoms with Gasteiger partial charge in [-0.15, -0.1) is 11.3 Å². The molecule has 0 radical (unpaired) electrons. The van der Waals surface area contributed by atoms with Crippen LogP contribution in [-0.4, -0.2) is 48.1 Å². The van der Waals surface area contributed by atoms with Crippen molar-refractivity contribution in [1.29, 1.82) is 0 Å². The van der Waals surface area contributed by atoms with E-state index in [1.165, 1.54) is 17.5 Å². The first-order chi connectivity index (χ1) is 16.9. The number of carbonyl (C=O) groups excluding carboxylic acids is 4. The highest BCUT2D eigenvalue weighted by atomic mass is 32.1. The third-order valence-electron chi connectivity index (χ3n) is 5.74. The average molecular weight is 499 g/mol. The number of esters is 2. The summed E-state index contributed by atoms with van der Waals surface area (Å²) in [6.07, 6.45) is 6.48. The van der Waals surface area contributed by atoms with Crippen LogP contribution in [0.25, 0.3) is 0 Å². The van der Waals surface area contributed by atoms with Crippen LogP contribution in [0.5, 0.6) is 0 Å². The maximum Gasteiger partial charge on any atom is 0.341 e. The molecule has 35 heavy (non-hydrogen) atoms. The van der Waals surface area contributed by atoms with Crippen LogP contribution in [0.3, 0.4) is 0 Å². The average Bonchev–Trinajstić information content (AvgIpc) is 3.20. The van der Waals surface area contributed by atoms with E-state index in [1.54, 1.807) is 32.2 Å². The highest BCUT2D eigenvalue weighted by molar-refractivity contribution is 7.17. The van der Waals surface area contributed by atoms with Crippen LogP contribution in [0.4, 0.5) is 9.80 Å². The van der Waals surface area contributed by atoms with Crippen LogP contribution >= 0.6 is 11.3 Å². The fourth-order valence-corrected chi connectivity index (χ4v) is 5.42. The topological polar surface area (TPSA) is 136 Å². The van der Waals surface area contributed by atoms with Crippen molar-refractivity contribution in [2.24, 2.45) is 0 Å². The number of fused-ring (bicyclic) bond motifs is 1. The van der Waals surface area contributed by atoms with Crippen molar-refractivity contribution < 1.29 is 28.7 Å². The second kappa shape index (κ2) is 10.7. The van der Waals surface area contributed by atoms with E-state index in [4.69, 9.17) is 9.47 Å². The van der Waals surface area contributed by atoms with Gasteiger partial charge in [0.25, 0.3) is 5.91 Å². The van der Waals surface area contributed by atoms with Crippen molar-refractivity contribution in [1.82, 2.24) is 15.6 Å². The molecule has 0 saturated heterocycles. The van der Waals surface area contributed by atoms with Gasteiger partial charge in [0.15, 0.2) is 0 Å². The number of urea groups is 1. The lowest BCUT2D eigenvalue weighted by atomic mass is 9.95. The van der Waals surface area contributed by atoms with Gasteiger partial charge in [-0.3, -0.25) is 9.78 Å². The number of pyridine rings is 1. The van der Waals surface area contributed by atoms with Crippen LogP contribution in [0.2, 0.25) is 0 Å². The summed E-state index contributed by atoms with van der Waals surface area (Å²) in [5.41, 5.74) is 1.91. The number of thiophene rings is 1. The lowest BCUT2D eigenvalue weighted by Gasteiger charge is -2.26. The van der Waals surface area contributed by atoms with Gasteiger partial charge in [0.1, 0.15) is 11.6 Å². The van der Waals surface area contributed by atoms with Crippen LogP contribution < -0.4 is 16.0 Å². The highest BCUT2D eigenvalue weighted by Crippen LogP contribution is 2.39. The predicted octanol–water partition coefficient (Wildman–Crippen LogP) is 2.95. The minimum atomic E-state index is -0.637. The highest BCUT2D eigenvalue weighted by Gasteiger charge is 2.32. The van der Waals surface area contributed by atoms with Crippen molar-refractivity contribution >= 4 is 40.2 Å². The van der Waals surface area contributed by atoms with Crippen LogP contribution in [0.1, 0.15) is 57.8 Å². The fourth-order valence-electron chi connectivity index (χ4n) is 4.15. The summed E-state index contributed by atoms with van der Waals surface area (Å²) in [5, 5.41) is 8.39. The van der Waals surface area contributed by atoms with Gasteiger partial charge in [0.2, 0.25) is 0 Å². The molecule has 184 valence electrons. The van der Waals surface area contributed by atoms with Gasteiger partial charge in [-0.05, 0) is 57.2 Å². The molecule has 1 aliphatic carbocycles. The summed E-state index contributed by atoms with van der Waals surface area (Å²) in [4.78, 5) is 55.5. The summed E-state index contributed by atoms with van der Waals surface area (Å²) < 4.78 is 10.7. The smallest absolute Gasteiger partial charge is 0.341 e. The number of anilines is 1. The molecule has 1 atom stereocenters. The van der Waals surface area contributed by atoms with Gasteiger partial charge in [-0.2, -0.15) is 0 Å². The van der Waals surface area contributed by atoms with Crippen LogP contribution in [-0.2, 0) is 27.1 Å². The lowest BCUT2D eigenvalue weighted by molar-refractivity contribution is -0.139. The molecule has 0 fully saturated rings. The molecule has 2 aliphatic rings. The second-order valence-corrected chi connectivity index (χ2v) is 9.22. The quantitative estimate of drug-likeness (QED) is 0.500. The minimum Gasteiger partial charge on any atom is -0.463 e. The van der Waals surface area contributed by atoms with E-state index in [2.05, 4.69) is 20.9 Å². The molecule has 3 heterocycles. The Balaban J connectivity index is 1.59. The molecule has 3 amide bonds. The summed E-state index contributed by atoms with van der Waals surface area (Å²) in [5.74, 6) is -1.62. The van der Waals surface area contributed by atoms with Crippen molar-refractivity contribution in [2.75, 3.05) is 18.5 Å². The molecule has 0 bridgehead atoms. The third-order valence-corrected chi connectivity index (χ3v) is 6.95. The number of nitrogens with zero attached hydrogens (tertiary/aromatic N) is 1. The molecule has 0 saturated carbocycles. The summed E-state index contributed by atoms with van der Waals surface area (Å²) in [6, 6.07) is 2.18. The van der Waals surface area contributed by atoms with E-state index in [9.17, 15) is 19.2 Å². The molecule has 2 aromatic heterocycles. The molecule has 4 rings (SSSR count). The third kappa shape index (κ3) is 5.35. The van der Waals surface area contributed by atoms with Crippen molar-refractivity contribution in [2.45, 2.75) is 45.6 Å². The Morgan fingerprint density at radius 3 is 2.74 bits per heavy atom. The Hall–Kier alpha value is -3.73. The van der Waals surface area contributed by atoms with Crippen molar-refractivity contribution in [3.8, 4) is 0 Å². The molecule has 0 aromatic carbocycles. The molecule has 10 nitrogen and oxygen atoms in total. The number of amides is 3. The van der Waals surface area contributed by atoms with Crippen LogP contribution in [0.15, 0.2) is 35.8 Å². The number of carbonyl (C=O) groups is 4. The number of aromatic nitrogens is 1. The van der Waals surface area contributed by atoms with E-state index in [1.807, 2.05) is 0 Å². The monoisotopic (exact) mass is 498 g/mol. The van der Waals surface area contributed by atoms with Gasteiger partial charge in [0, 0.05) is 17.3 Å². The minimum absolute atomic E-state index is 0.164. The molecular weight excluding hydrogens is 472 g/mol. The zero-order chi connectivity index (χ0) is 24.9. The lowest BCUT2D eigenvalue weighted by Crippen LogP contribution is -2.50. The largest absolute Gasteiger partial charge is 0.463 e. The molecule has 3 N–H and O–H groups in total. The van der Waals surface area contributed by atoms with Gasteiger partial charge < -0.3 is 25.4 Å². The van der Waals surface area contributed by atoms with E-state index in [-0.39, 0.29) is 30.4 Å². The number of nitrogens with one attached hydrogen (secondary N) is 3. The summed E-state index contributed by atoms with van der Waals surface area (Å²) >= 11 is 1.37. The Morgan fingerprint density at radius 1 is 1.20 bits per heavy atom. The van der Waals surface area contributed by atoms with E-state index >= 15 is 0 Å². The zero-order valence-electron chi connectivity index (χ0n) is 19.4. The molecule has 1 aliphatic heterocycles. The van der Waals surface area contributed by atoms with Gasteiger partial charge >= 0.3 is 18.0 Å². The van der Waals surface area contributed by atoms with Gasteiger partial charge in [0.05, 0.1) is 35.0 Å². The normalized spacial score (nSPS) is 17.1. The maximum atomic E-state index is 13.3. The second-order valence-electron chi connectivity index (χ2n) is 8.12. The number of hydrogen-bond acceptors (Lipinski definition) is 8. The molecule has 1 unspecified atom stereocenters. The summed E-state index contributed by atoms with van der Waals surface area (Å²) in [7, 11) is 0. The number of aryl methyl sites for hydroxylation is 1. The molecule has 2 aromatic rings. The Bertz CT molecular complexity index is 1190. The molecule has 0 spiro atoms. The fraction of sp³-hybridized carbons (Fsp3) is 0.375. The van der Waals surface area contributed by atoms with Crippen molar-refractivity contribution in [3.63, 3.8) is 0 Å². The first-order valence-corrected chi connectivity index (χ1v) is 12.2. The summed E-state index contributed by atoms with van der Waals surface area (Å²) in [6.45, 7) is 3.16.